The van der Waals surface area contributed by atoms with Gasteiger partial charge in [-0.1, -0.05) is 20.3 Å². The molecule has 0 aromatic rings. The fourth-order valence-corrected chi connectivity index (χ4v) is 2.85. The number of carbonyl (C=O) groups excluding carboxylic acids is 2. The predicted octanol–water partition coefficient (Wildman–Crippen LogP) is 1.16. The van der Waals surface area contributed by atoms with Crippen molar-refractivity contribution < 1.29 is 9.59 Å². The number of nitrogens with one attached hydrogen (secondary N) is 1. The maximum Gasteiger partial charge on any atom is 0.233 e. The second kappa shape index (κ2) is 4.77. The van der Waals surface area contributed by atoms with Crippen LogP contribution in [0, 0.1) is 11.8 Å². The molecule has 1 N–H and O–H groups in total. The fourth-order valence-electron chi connectivity index (χ4n) is 2.85. The van der Waals surface area contributed by atoms with Crippen LogP contribution in [0.2, 0.25) is 0 Å². The van der Waals surface area contributed by atoms with Gasteiger partial charge in [0.25, 0.3) is 0 Å². The summed E-state index contributed by atoms with van der Waals surface area (Å²) in [5.74, 6) is -0.313. The highest BCUT2D eigenvalue weighted by Gasteiger charge is 2.45. The van der Waals surface area contributed by atoms with E-state index in [0.29, 0.717) is 0 Å². The van der Waals surface area contributed by atoms with Crippen LogP contribution in [0.5, 0.6) is 0 Å². The molecule has 0 aromatic heterocycles. The Labute approximate surface area is 103 Å². The van der Waals surface area contributed by atoms with Gasteiger partial charge < -0.3 is 5.32 Å². The molecule has 17 heavy (non-hydrogen) atoms. The highest BCUT2D eigenvalue weighted by atomic mass is 16.2. The SMILES string of the molecule is CC1C(=O)N(C(C)C2CCCCN2)C(=O)C1C. The van der Waals surface area contributed by atoms with Crippen molar-refractivity contribution in [3.63, 3.8) is 0 Å². The van der Waals surface area contributed by atoms with Gasteiger partial charge in [0.15, 0.2) is 0 Å². The monoisotopic (exact) mass is 238 g/mol. The Balaban J connectivity index is 2.10. The summed E-state index contributed by atoms with van der Waals surface area (Å²) in [6, 6.07) is 0.261. The molecule has 4 unspecified atom stereocenters. The number of likely N-dealkylation sites (tertiary alicyclic amines) is 1. The van der Waals surface area contributed by atoms with Crippen molar-refractivity contribution in [2.75, 3.05) is 6.54 Å². The molecular weight excluding hydrogens is 216 g/mol. The largest absolute Gasteiger partial charge is 0.312 e. The number of hydrogen-bond donors (Lipinski definition) is 1. The number of imide groups is 1. The van der Waals surface area contributed by atoms with E-state index in [1.54, 1.807) is 0 Å². The molecule has 4 heteroatoms. The third-order valence-corrected chi connectivity index (χ3v) is 4.34. The van der Waals surface area contributed by atoms with Crippen molar-refractivity contribution in [2.45, 2.75) is 52.1 Å². The Morgan fingerprint density at radius 3 is 2.24 bits per heavy atom. The summed E-state index contributed by atoms with van der Waals surface area (Å²) in [5.41, 5.74) is 0. The zero-order valence-corrected chi connectivity index (χ0v) is 10.9. The first-order chi connectivity index (χ1) is 8.04. The molecular formula is C13H22N2O2. The summed E-state index contributed by atoms with van der Waals surface area (Å²) < 4.78 is 0. The molecule has 4 nitrogen and oxygen atoms in total. The van der Waals surface area contributed by atoms with Crippen molar-refractivity contribution in [1.82, 2.24) is 10.2 Å². The zero-order valence-electron chi connectivity index (χ0n) is 10.9. The lowest BCUT2D eigenvalue weighted by atomic mass is 9.98. The summed E-state index contributed by atoms with van der Waals surface area (Å²) in [5, 5.41) is 3.42. The van der Waals surface area contributed by atoms with Gasteiger partial charge in [-0.2, -0.15) is 0 Å². The topological polar surface area (TPSA) is 49.4 Å². The standard InChI is InChI=1S/C13H22N2O2/c1-8-9(2)13(17)15(12(8)16)10(3)11-6-4-5-7-14-11/h8-11,14H,4-7H2,1-3H3. The Kier molecular flexibility index (Phi) is 3.52. The van der Waals surface area contributed by atoms with Gasteiger partial charge in [-0.15, -0.1) is 0 Å². The molecule has 2 aliphatic heterocycles. The van der Waals surface area contributed by atoms with Crippen LogP contribution in [-0.4, -0.2) is 35.3 Å². The molecule has 0 bridgehead atoms. The van der Waals surface area contributed by atoms with Gasteiger partial charge >= 0.3 is 0 Å². The van der Waals surface area contributed by atoms with Crippen LogP contribution < -0.4 is 5.32 Å². The first kappa shape index (κ1) is 12.6. The average molecular weight is 238 g/mol. The predicted molar refractivity (Wildman–Crippen MR) is 65.3 cm³/mol. The zero-order chi connectivity index (χ0) is 12.6. The number of piperidine rings is 1. The number of rotatable bonds is 2. The smallest absolute Gasteiger partial charge is 0.233 e. The van der Waals surface area contributed by atoms with Crippen LogP contribution in [0.4, 0.5) is 0 Å². The average Bonchev–Trinajstić information content (AvgIpc) is 2.54. The summed E-state index contributed by atoms with van der Waals surface area (Å²) in [7, 11) is 0. The van der Waals surface area contributed by atoms with E-state index in [9.17, 15) is 9.59 Å². The van der Waals surface area contributed by atoms with Crippen LogP contribution in [-0.2, 0) is 9.59 Å². The molecule has 96 valence electrons. The van der Waals surface area contributed by atoms with Crippen molar-refractivity contribution in [2.24, 2.45) is 11.8 Å². The Bertz CT molecular complexity index is 303. The first-order valence-electron chi connectivity index (χ1n) is 6.64. The summed E-state index contributed by atoms with van der Waals surface area (Å²) in [6.45, 7) is 6.69. The molecule has 4 atom stereocenters. The molecule has 0 saturated carbocycles. The Hall–Kier alpha value is -0.900. The van der Waals surface area contributed by atoms with E-state index in [-0.39, 0.29) is 35.7 Å². The minimum atomic E-state index is -0.159. The van der Waals surface area contributed by atoms with Gasteiger partial charge in [0, 0.05) is 17.9 Å². The normalized spacial score (nSPS) is 36.4. The molecule has 0 aromatic carbocycles. The molecule has 2 fully saturated rings. The lowest BCUT2D eigenvalue weighted by Gasteiger charge is -2.34. The van der Waals surface area contributed by atoms with E-state index in [1.165, 1.54) is 17.7 Å². The second-order valence-corrected chi connectivity index (χ2v) is 5.42. The molecule has 0 radical (unpaired) electrons. The molecule has 2 amide bonds. The fraction of sp³-hybridized carbons (Fsp3) is 0.846. The summed E-state index contributed by atoms with van der Waals surface area (Å²) in [4.78, 5) is 25.7. The second-order valence-electron chi connectivity index (χ2n) is 5.42. The van der Waals surface area contributed by atoms with Crippen LogP contribution in [0.3, 0.4) is 0 Å². The van der Waals surface area contributed by atoms with E-state index in [4.69, 9.17) is 0 Å². The van der Waals surface area contributed by atoms with E-state index in [1.807, 2.05) is 20.8 Å². The van der Waals surface area contributed by atoms with Gasteiger partial charge in [-0.05, 0) is 26.3 Å². The van der Waals surface area contributed by atoms with Crippen molar-refractivity contribution in [3.8, 4) is 0 Å². The molecule has 0 aliphatic carbocycles. The number of amides is 2. The molecule has 2 aliphatic rings. The first-order valence-corrected chi connectivity index (χ1v) is 6.64. The van der Waals surface area contributed by atoms with Crippen LogP contribution in [0.15, 0.2) is 0 Å². The lowest BCUT2D eigenvalue weighted by molar-refractivity contribution is -0.143. The van der Waals surface area contributed by atoms with E-state index in [2.05, 4.69) is 5.32 Å². The third kappa shape index (κ3) is 2.10. The van der Waals surface area contributed by atoms with Gasteiger partial charge in [-0.25, -0.2) is 0 Å². The van der Waals surface area contributed by atoms with Gasteiger partial charge in [0.2, 0.25) is 11.8 Å². The van der Waals surface area contributed by atoms with Crippen molar-refractivity contribution in [1.29, 1.82) is 0 Å². The van der Waals surface area contributed by atoms with E-state index >= 15 is 0 Å². The van der Waals surface area contributed by atoms with Crippen LogP contribution in [0.25, 0.3) is 0 Å². The number of carbonyl (C=O) groups is 2. The molecule has 2 heterocycles. The summed E-state index contributed by atoms with van der Waals surface area (Å²) >= 11 is 0. The highest BCUT2D eigenvalue weighted by Crippen LogP contribution is 2.29. The van der Waals surface area contributed by atoms with Crippen LogP contribution in [0.1, 0.15) is 40.0 Å². The highest BCUT2D eigenvalue weighted by molar-refractivity contribution is 6.05. The third-order valence-electron chi connectivity index (χ3n) is 4.34. The summed E-state index contributed by atoms with van der Waals surface area (Å²) in [6.07, 6.45) is 3.43. The van der Waals surface area contributed by atoms with E-state index < -0.39 is 0 Å². The molecule has 0 spiro atoms. The van der Waals surface area contributed by atoms with Gasteiger partial charge in [0.1, 0.15) is 0 Å². The van der Waals surface area contributed by atoms with Gasteiger partial charge in [0.05, 0.1) is 6.04 Å². The number of nitrogens with zero attached hydrogens (tertiary/aromatic N) is 1. The lowest BCUT2D eigenvalue weighted by Crippen LogP contribution is -2.52. The Morgan fingerprint density at radius 1 is 1.18 bits per heavy atom. The minimum Gasteiger partial charge on any atom is -0.312 e. The van der Waals surface area contributed by atoms with E-state index in [0.717, 1.165) is 13.0 Å². The molecule has 2 saturated heterocycles. The van der Waals surface area contributed by atoms with Crippen molar-refractivity contribution in [3.05, 3.63) is 0 Å². The maximum atomic E-state index is 12.1. The quantitative estimate of drug-likeness (QED) is 0.734. The van der Waals surface area contributed by atoms with Gasteiger partial charge in [-0.3, -0.25) is 14.5 Å². The van der Waals surface area contributed by atoms with Crippen LogP contribution >= 0.6 is 0 Å². The minimum absolute atomic E-state index is 0.00220. The maximum absolute atomic E-state index is 12.1. The molecule has 2 rings (SSSR count). The van der Waals surface area contributed by atoms with Crippen molar-refractivity contribution >= 4 is 11.8 Å². The number of hydrogen-bond acceptors (Lipinski definition) is 3. The Morgan fingerprint density at radius 2 is 1.76 bits per heavy atom.